The normalized spacial score (nSPS) is 23.8. The van der Waals surface area contributed by atoms with Gasteiger partial charge < -0.3 is 15.4 Å². The summed E-state index contributed by atoms with van der Waals surface area (Å²) in [4.78, 5) is 12.9. The number of hydrogen-bond donors (Lipinski definition) is 1. The van der Waals surface area contributed by atoms with Crippen molar-refractivity contribution in [1.82, 2.24) is 4.90 Å². The predicted molar refractivity (Wildman–Crippen MR) is 50.4 cm³/mol. The van der Waals surface area contributed by atoms with E-state index in [-0.39, 0.29) is 6.09 Å². The van der Waals surface area contributed by atoms with Gasteiger partial charge in [-0.25, -0.2) is 4.79 Å². The molecule has 1 heterocycles. The quantitative estimate of drug-likeness (QED) is 0.659. The van der Waals surface area contributed by atoms with E-state index in [1.165, 1.54) is 7.11 Å². The molecule has 13 heavy (non-hydrogen) atoms. The molecule has 0 saturated carbocycles. The van der Waals surface area contributed by atoms with Gasteiger partial charge in [0, 0.05) is 13.1 Å². The maximum Gasteiger partial charge on any atom is 0.409 e. The van der Waals surface area contributed by atoms with E-state index < -0.39 is 0 Å². The third kappa shape index (κ3) is 2.88. The lowest BCUT2D eigenvalue weighted by Crippen LogP contribution is -2.31. The van der Waals surface area contributed by atoms with Gasteiger partial charge in [0.25, 0.3) is 0 Å². The molecule has 1 fully saturated rings. The largest absolute Gasteiger partial charge is 0.453 e. The molecule has 0 aliphatic carbocycles. The molecule has 0 aromatic rings. The molecule has 76 valence electrons. The standard InChI is InChI=1S/C9H18N2O2/c1-13-9(12)11-5-2-3-8(7-10)4-6-11/h8H,2-7,10H2,1H3. The minimum atomic E-state index is -0.210. The van der Waals surface area contributed by atoms with Gasteiger partial charge in [0.1, 0.15) is 0 Å². The molecule has 0 bridgehead atoms. The molecule has 1 aliphatic heterocycles. The van der Waals surface area contributed by atoms with Crippen LogP contribution in [0.2, 0.25) is 0 Å². The molecule has 1 unspecified atom stereocenters. The Kier molecular flexibility index (Phi) is 4.02. The summed E-state index contributed by atoms with van der Waals surface area (Å²) in [6, 6.07) is 0. The molecule has 1 rings (SSSR count). The summed E-state index contributed by atoms with van der Waals surface area (Å²) in [6.07, 6.45) is 2.96. The molecule has 1 aliphatic rings. The maximum atomic E-state index is 11.2. The molecule has 1 amide bonds. The zero-order valence-corrected chi connectivity index (χ0v) is 8.16. The van der Waals surface area contributed by atoms with Crippen molar-refractivity contribution in [3.05, 3.63) is 0 Å². The van der Waals surface area contributed by atoms with Crippen molar-refractivity contribution in [3.8, 4) is 0 Å². The Morgan fingerprint density at radius 1 is 1.54 bits per heavy atom. The lowest BCUT2D eigenvalue weighted by Gasteiger charge is -2.18. The van der Waals surface area contributed by atoms with E-state index in [0.29, 0.717) is 5.92 Å². The Morgan fingerprint density at radius 2 is 2.31 bits per heavy atom. The number of rotatable bonds is 1. The zero-order chi connectivity index (χ0) is 9.68. The van der Waals surface area contributed by atoms with Crippen molar-refractivity contribution in [1.29, 1.82) is 0 Å². The number of likely N-dealkylation sites (tertiary alicyclic amines) is 1. The fraction of sp³-hybridized carbons (Fsp3) is 0.889. The van der Waals surface area contributed by atoms with E-state index in [1.54, 1.807) is 4.90 Å². The SMILES string of the molecule is COC(=O)N1CCCC(CN)CC1. The second kappa shape index (κ2) is 5.07. The molecule has 0 aromatic heterocycles. The van der Waals surface area contributed by atoms with Crippen LogP contribution in [0.1, 0.15) is 19.3 Å². The number of carbonyl (C=O) groups excluding carboxylic acids is 1. The molecule has 4 nitrogen and oxygen atoms in total. The first kappa shape index (κ1) is 10.3. The van der Waals surface area contributed by atoms with Crippen LogP contribution in [0.4, 0.5) is 4.79 Å². The summed E-state index contributed by atoms with van der Waals surface area (Å²) >= 11 is 0. The lowest BCUT2D eigenvalue weighted by molar-refractivity contribution is 0.124. The maximum absolute atomic E-state index is 11.2. The summed E-state index contributed by atoms with van der Waals surface area (Å²) in [6.45, 7) is 2.33. The van der Waals surface area contributed by atoms with Crippen LogP contribution in [0, 0.1) is 5.92 Å². The van der Waals surface area contributed by atoms with Gasteiger partial charge in [-0.2, -0.15) is 0 Å². The van der Waals surface area contributed by atoms with Crippen LogP contribution in [-0.2, 0) is 4.74 Å². The van der Waals surface area contributed by atoms with Crippen LogP contribution < -0.4 is 5.73 Å². The summed E-state index contributed by atoms with van der Waals surface area (Å²) in [5, 5.41) is 0. The number of nitrogens with two attached hydrogens (primary N) is 1. The van der Waals surface area contributed by atoms with Gasteiger partial charge in [0.2, 0.25) is 0 Å². The summed E-state index contributed by atoms with van der Waals surface area (Å²) < 4.78 is 4.67. The average molecular weight is 186 g/mol. The smallest absolute Gasteiger partial charge is 0.409 e. The molecule has 0 aromatic carbocycles. The van der Waals surface area contributed by atoms with E-state index >= 15 is 0 Å². The van der Waals surface area contributed by atoms with Gasteiger partial charge in [-0.15, -0.1) is 0 Å². The number of nitrogens with zero attached hydrogens (tertiary/aromatic N) is 1. The van der Waals surface area contributed by atoms with Crippen molar-refractivity contribution in [2.45, 2.75) is 19.3 Å². The molecular formula is C9H18N2O2. The summed E-state index contributed by atoms with van der Waals surface area (Å²) in [5.74, 6) is 0.578. The lowest BCUT2D eigenvalue weighted by atomic mass is 10.0. The second-order valence-corrected chi connectivity index (χ2v) is 3.49. The third-order valence-corrected chi connectivity index (χ3v) is 2.61. The fourth-order valence-corrected chi connectivity index (χ4v) is 1.71. The van der Waals surface area contributed by atoms with Crippen LogP contribution >= 0.6 is 0 Å². The van der Waals surface area contributed by atoms with E-state index in [0.717, 1.165) is 38.9 Å². The van der Waals surface area contributed by atoms with E-state index in [9.17, 15) is 4.79 Å². The van der Waals surface area contributed by atoms with E-state index in [1.807, 2.05) is 0 Å². The third-order valence-electron chi connectivity index (χ3n) is 2.61. The molecule has 1 saturated heterocycles. The average Bonchev–Trinajstić information content (AvgIpc) is 2.41. The Balaban J connectivity index is 2.40. The minimum Gasteiger partial charge on any atom is -0.453 e. The topological polar surface area (TPSA) is 55.6 Å². The molecule has 4 heteroatoms. The Bertz CT molecular complexity index is 173. The highest BCUT2D eigenvalue weighted by molar-refractivity contribution is 5.67. The number of hydrogen-bond acceptors (Lipinski definition) is 3. The van der Waals surface area contributed by atoms with Crippen LogP contribution in [0.5, 0.6) is 0 Å². The molecule has 1 atom stereocenters. The fourth-order valence-electron chi connectivity index (χ4n) is 1.71. The molecule has 2 N–H and O–H groups in total. The monoisotopic (exact) mass is 186 g/mol. The van der Waals surface area contributed by atoms with Crippen molar-refractivity contribution >= 4 is 6.09 Å². The number of ether oxygens (including phenoxy) is 1. The Hall–Kier alpha value is -0.770. The van der Waals surface area contributed by atoms with Crippen molar-refractivity contribution in [2.75, 3.05) is 26.7 Å². The van der Waals surface area contributed by atoms with Crippen LogP contribution in [0.25, 0.3) is 0 Å². The molecule has 0 radical (unpaired) electrons. The van der Waals surface area contributed by atoms with Gasteiger partial charge in [-0.1, -0.05) is 0 Å². The molecular weight excluding hydrogens is 168 g/mol. The molecule has 0 spiro atoms. The first-order valence-electron chi connectivity index (χ1n) is 4.81. The Morgan fingerprint density at radius 3 is 2.92 bits per heavy atom. The first-order chi connectivity index (χ1) is 6.27. The van der Waals surface area contributed by atoms with Crippen molar-refractivity contribution in [2.24, 2.45) is 11.7 Å². The van der Waals surface area contributed by atoms with Crippen LogP contribution in [-0.4, -0.2) is 37.7 Å². The predicted octanol–water partition coefficient (Wildman–Crippen LogP) is 0.814. The van der Waals surface area contributed by atoms with E-state index in [2.05, 4.69) is 4.74 Å². The van der Waals surface area contributed by atoms with E-state index in [4.69, 9.17) is 5.73 Å². The number of carbonyl (C=O) groups is 1. The number of methoxy groups -OCH3 is 1. The van der Waals surface area contributed by atoms with Gasteiger partial charge in [0.15, 0.2) is 0 Å². The first-order valence-corrected chi connectivity index (χ1v) is 4.81. The van der Waals surface area contributed by atoms with Crippen LogP contribution in [0.3, 0.4) is 0 Å². The summed E-state index contributed by atoms with van der Waals surface area (Å²) in [7, 11) is 1.42. The van der Waals surface area contributed by atoms with Crippen LogP contribution in [0.15, 0.2) is 0 Å². The highest BCUT2D eigenvalue weighted by Gasteiger charge is 2.19. The summed E-state index contributed by atoms with van der Waals surface area (Å²) in [5.41, 5.74) is 5.59. The number of amides is 1. The Labute approximate surface area is 79.0 Å². The minimum absolute atomic E-state index is 0.210. The van der Waals surface area contributed by atoms with Gasteiger partial charge >= 0.3 is 6.09 Å². The zero-order valence-electron chi connectivity index (χ0n) is 8.16. The van der Waals surface area contributed by atoms with Gasteiger partial charge in [-0.05, 0) is 31.7 Å². The van der Waals surface area contributed by atoms with Gasteiger partial charge in [-0.3, -0.25) is 0 Å². The second-order valence-electron chi connectivity index (χ2n) is 3.49. The highest BCUT2D eigenvalue weighted by atomic mass is 16.5. The van der Waals surface area contributed by atoms with Crippen molar-refractivity contribution < 1.29 is 9.53 Å². The highest BCUT2D eigenvalue weighted by Crippen LogP contribution is 2.16. The van der Waals surface area contributed by atoms with Gasteiger partial charge in [0.05, 0.1) is 7.11 Å². The van der Waals surface area contributed by atoms with Crippen molar-refractivity contribution in [3.63, 3.8) is 0 Å².